The maximum atomic E-state index is 3.68. The molecule has 0 saturated carbocycles. The van der Waals surface area contributed by atoms with Crippen molar-refractivity contribution in [2.45, 2.75) is 6.42 Å². The Labute approximate surface area is 304 Å². The maximum Gasteiger partial charge on any atom is 0.0541 e. The molecule has 4 nitrogen and oxygen atoms in total. The van der Waals surface area contributed by atoms with Gasteiger partial charge in [0.1, 0.15) is 0 Å². The molecule has 0 spiro atoms. The van der Waals surface area contributed by atoms with Crippen molar-refractivity contribution in [2.24, 2.45) is 0 Å². The Hall–Kier alpha value is -7.04. The van der Waals surface area contributed by atoms with Crippen molar-refractivity contribution < 1.29 is 0 Å². The topological polar surface area (TPSA) is 41.4 Å². The van der Waals surface area contributed by atoms with E-state index in [4.69, 9.17) is 0 Å². The fourth-order valence-corrected chi connectivity index (χ4v) is 9.00. The molecule has 4 aromatic heterocycles. The van der Waals surface area contributed by atoms with Crippen LogP contribution >= 0.6 is 0 Å². The first-order valence-electron chi connectivity index (χ1n) is 18.3. The van der Waals surface area contributed by atoms with Gasteiger partial charge in [0.15, 0.2) is 0 Å². The highest BCUT2D eigenvalue weighted by Crippen LogP contribution is 2.37. The number of fused-ring (bicyclic) bond motifs is 12. The minimum Gasteiger partial charge on any atom is -0.355 e. The van der Waals surface area contributed by atoms with E-state index in [9.17, 15) is 0 Å². The summed E-state index contributed by atoms with van der Waals surface area (Å²) in [6.45, 7) is 0. The van der Waals surface area contributed by atoms with Crippen LogP contribution in [0.3, 0.4) is 0 Å². The van der Waals surface area contributed by atoms with Crippen molar-refractivity contribution >= 4 is 87.2 Å². The number of hydrogen-bond donors (Lipinski definition) is 2. The minimum absolute atomic E-state index is 0.852. The van der Waals surface area contributed by atoms with Gasteiger partial charge in [-0.2, -0.15) is 0 Å². The summed E-state index contributed by atoms with van der Waals surface area (Å²) in [5, 5.41) is 10.1. The molecule has 12 rings (SSSR count). The van der Waals surface area contributed by atoms with E-state index in [1.54, 1.807) is 0 Å². The van der Waals surface area contributed by atoms with E-state index in [1.165, 1.54) is 87.7 Å². The molecular formula is C49H32N4. The average Bonchev–Trinajstić information content (AvgIpc) is 3.95. The molecule has 0 aliphatic heterocycles. The molecule has 248 valence electrons. The number of aromatic nitrogens is 4. The lowest BCUT2D eigenvalue weighted by molar-refractivity contribution is 1.19. The number of hydrogen-bond acceptors (Lipinski definition) is 0. The Bertz CT molecular complexity index is 3100. The summed E-state index contributed by atoms with van der Waals surface area (Å²) in [4.78, 5) is 7.36. The van der Waals surface area contributed by atoms with Gasteiger partial charge < -0.3 is 19.1 Å². The van der Waals surface area contributed by atoms with Crippen molar-refractivity contribution in [3.8, 4) is 11.4 Å². The lowest BCUT2D eigenvalue weighted by atomic mass is 10.0. The summed E-state index contributed by atoms with van der Waals surface area (Å²) in [6.07, 6.45) is 0.852. The van der Waals surface area contributed by atoms with Crippen molar-refractivity contribution in [3.63, 3.8) is 0 Å². The highest BCUT2D eigenvalue weighted by atomic mass is 15.0. The zero-order chi connectivity index (χ0) is 34.6. The van der Waals surface area contributed by atoms with Crippen LogP contribution in [0.25, 0.3) is 98.6 Å². The molecule has 4 heterocycles. The van der Waals surface area contributed by atoms with Crippen LogP contribution < -0.4 is 0 Å². The lowest BCUT2D eigenvalue weighted by Gasteiger charge is -2.09. The van der Waals surface area contributed by atoms with E-state index in [1.807, 2.05) is 0 Å². The quantitative estimate of drug-likeness (QED) is 0.186. The molecule has 0 amide bonds. The lowest BCUT2D eigenvalue weighted by Crippen LogP contribution is -1.93. The van der Waals surface area contributed by atoms with Gasteiger partial charge in [-0.1, -0.05) is 84.9 Å². The number of rotatable bonds is 4. The number of benzene rings is 8. The van der Waals surface area contributed by atoms with Crippen LogP contribution in [0.5, 0.6) is 0 Å². The van der Waals surface area contributed by atoms with Crippen LogP contribution in [-0.4, -0.2) is 19.1 Å². The van der Waals surface area contributed by atoms with Crippen LogP contribution in [0.1, 0.15) is 11.1 Å². The molecule has 53 heavy (non-hydrogen) atoms. The van der Waals surface area contributed by atoms with Gasteiger partial charge in [0.25, 0.3) is 0 Å². The second kappa shape index (κ2) is 10.7. The zero-order valence-electron chi connectivity index (χ0n) is 28.8. The van der Waals surface area contributed by atoms with Gasteiger partial charge in [-0.15, -0.1) is 0 Å². The largest absolute Gasteiger partial charge is 0.355 e. The van der Waals surface area contributed by atoms with Crippen LogP contribution in [0.2, 0.25) is 0 Å². The number of nitrogens with one attached hydrogen (secondary N) is 2. The van der Waals surface area contributed by atoms with Gasteiger partial charge in [0.05, 0.1) is 22.1 Å². The second-order valence-corrected chi connectivity index (χ2v) is 14.4. The van der Waals surface area contributed by atoms with E-state index in [0.29, 0.717) is 0 Å². The number of aromatic amines is 2. The summed E-state index contributed by atoms with van der Waals surface area (Å²) in [5.74, 6) is 0. The summed E-state index contributed by atoms with van der Waals surface area (Å²) in [5.41, 5.74) is 14.5. The normalized spacial score (nSPS) is 12.2. The first kappa shape index (κ1) is 28.6. The minimum atomic E-state index is 0.852. The van der Waals surface area contributed by atoms with E-state index in [-0.39, 0.29) is 0 Å². The van der Waals surface area contributed by atoms with E-state index >= 15 is 0 Å². The van der Waals surface area contributed by atoms with E-state index in [2.05, 4.69) is 189 Å². The Morgan fingerprint density at radius 2 is 0.623 bits per heavy atom. The number of nitrogens with zero attached hydrogens (tertiary/aromatic N) is 2. The molecule has 2 N–H and O–H groups in total. The molecule has 0 atom stereocenters. The predicted octanol–water partition coefficient (Wildman–Crippen LogP) is 12.7. The molecular weight excluding hydrogens is 645 g/mol. The standard InChI is InChI=1S/C49H32N4/c1-5-13-46-34(9-1)35-10-2-6-14-47(35)52(46)32-19-23-44-40(28-32)38-26-30(17-21-42(38)50-44)25-31-18-22-43-39(27-31)41-29-33(20-24-45(41)51-43)53-48-15-7-3-11-36(48)37-12-4-8-16-49(37)53/h1-24,26-29,50-51H,25H2. The molecule has 0 radical (unpaired) electrons. The summed E-state index contributed by atoms with van der Waals surface area (Å²) in [7, 11) is 0. The summed E-state index contributed by atoms with van der Waals surface area (Å²) >= 11 is 0. The van der Waals surface area contributed by atoms with Crippen LogP contribution in [-0.2, 0) is 6.42 Å². The third-order valence-corrected chi connectivity index (χ3v) is 11.4. The van der Waals surface area contributed by atoms with Crippen molar-refractivity contribution in [2.75, 3.05) is 0 Å². The highest BCUT2D eigenvalue weighted by molar-refractivity contribution is 6.13. The Kier molecular flexibility index (Phi) is 5.80. The van der Waals surface area contributed by atoms with Crippen molar-refractivity contribution in [1.29, 1.82) is 0 Å². The molecule has 8 aromatic carbocycles. The maximum absolute atomic E-state index is 3.68. The fourth-order valence-electron chi connectivity index (χ4n) is 9.00. The molecule has 0 fully saturated rings. The molecule has 0 aliphatic rings. The SMILES string of the molecule is c1ccc2c(c1)c1ccccc1n2-c1ccc2[nH]c3ccc(Cc4ccc5[nH]c6ccc(-n7c8ccccc8c8ccccc87)cc6c5c4)cc3c2c1. The van der Waals surface area contributed by atoms with E-state index in [0.717, 1.165) is 28.5 Å². The van der Waals surface area contributed by atoms with Gasteiger partial charge in [0, 0.05) is 76.5 Å². The van der Waals surface area contributed by atoms with E-state index < -0.39 is 0 Å². The first-order valence-corrected chi connectivity index (χ1v) is 18.3. The Balaban J connectivity index is 0.954. The van der Waals surface area contributed by atoms with Crippen molar-refractivity contribution in [1.82, 2.24) is 19.1 Å². The fraction of sp³-hybridized carbons (Fsp3) is 0.0204. The van der Waals surface area contributed by atoms with Crippen LogP contribution in [0.4, 0.5) is 0 Å². The molecule has 0 bridgehead atoms. The zero-order valence-corrected chi connectivity index (χ0v) is 28.8. The van der Waals surface area contributed by atoms with Gasteiger partial charge in [-0.05, 0) is 102 Å². The predicted molar refractivity (Wildman–Crippen MR) is 223 cm³/mol. The Morgan fingerprint density at radius 3 is 1.00 bits per heavy atom. The van der Waals surface area contributed by atoms with Crippen molar-refractivity contribution in [3.05, 3.63) is 181 Å². The molecule has 0 unspecified atom stereocenters. The Morgan fingerprint density at radius 1 is 0.302 bits per heavy atom. The number of H-pyrrole nitrogens is 2. The molecule has 0 aliphatic carbocycles. The molecule has 0 saturated heterocycles. The third-order valence-electron chi connectivity index (χ3n) is 11.4. The summed E-state index contributed by atoms with van der Waals surface area (Å²) in [6, 6.07) is 62.3. The number of para-hydroxylation sites is 4. The van der Waals surface area contributed by atoms with Crippen LogP contribution in [0, 0.1) is 0 Å². The monoisotopic (exact) mass is 676 g/mol. The second-order valence-electron chi connectivity index (χ2n) is 14.4. The molecule has 12 aromatic rings. The third kappa shape index (κ3) is 4.18. The van der Waals surface area contributed by atoms with Gasteiger partial charge in [0.2, 0.25) is 0 Å². The van der Waals surface area contributed by atoms with Gasteiger partial charge in [-0.3, -0.25) is 0 Å². The van der Waals surface area contributed by atoms with Crippen LogP contribution in [0.15, 0.2) is 170 Å². The summed E-state index contributed by atoms with van der Waals surface area (Å²) < 4.78 is 4.80. The average molecular weight is 677 g/mol. The molecule has 4 heteroatoms. The van der Waals surface area contributed by atoms with Gasteiger partial charge >= 0.3 is 0 Å². The smallest absolute Gasteiger partial charge is 0.0541 e. The first-order chi connectivity index (χ1) is 26.2. The highest BCUT2D eigenvalue weighted by Gasteiger charge is 2.16. The van der Waals surface area contributed by atoms with Gasteiger partial charge in [-0.25, -0.2) is 0 Å².